The van der Waals surface area contributed by atoms with Gasteiger partial charge >= 0.3 is 6.01 Å². The van der Waals surface area contributed by atoms with E-state index in [2.05, 4.69) is 30.6 Å². The van der Waals surface area contributed by atoms with Crippen molar-refractivity contribution in [1.82, 2.24) is 29.8 Å². The molecular weight excluding hydrogens is 234 g/mol. The zero-order chi connectivity index (χ0) is 11.4. The first-order chi connectivity index (χ1) is 7.78. The normalized spacial score (nSPS) is 10.1. The zero-order valence-electron chi connectivity index (χ0n) is 8.33. The summed E-state index contributed by atoms with van der Waals surface area (Å²) in [6.07, 6.45) is 2.91. The van der Waals surface area contributed by atoms with E-state index in [9.17, 15) is 0 Å². The van der Waals surface area contributed by atoms with Crippen molar-refractivity contribution < 1.29 is 4.74 Å². The number of nitrogens with one attached hydrogen (secondary N) is 1. The molecule has 2 rings (SSSR count). The SMILES string of the molecule is CCOc1nc(Cl)nc(Nn2cnnc2)n1. The summed E-state index contributed by atoms with van der Waals surface area (Å²) < 4.78 is 6.59. The van der Waals surface area contributed by atoms with Gasteiger partial charge in [-0.05, 0) is 18.5 Å². The Morgan fingerprint density at radius 3 is 2.75 bits per heavy atom. The minimum Gasteiger partial charge on any atom is -0.464 e. The molecule has 0 bridgehead atoms. The summed E-state index contributed by atoms with van der Waals surface area (Å²) in [6.45, 7) is 2.27. The van der Waals surface area contributed by atoms with Gasteiger partial charge in [0.2, 0.25) is 11.2 Å². The fourth-order valence-electron chi connectivity index (χ4n) is 0.949. The lowest BCUT2D eigenvalue weighted by Crippen LogP contribution is -2.11. The first-order valence-corrected chi connectivity index (χ1v) is 4.81. The Bertz CT molecular complexity index is 460. The molecule has 0 saturated heterocycles. The number of nitrogens with zero attached hydrogens (tertiary/aromatic N) is 6. The van der Waals surface area contributed by atoms with Crippen LogP contribution in [0.25, 0.3) is 0 Å². The van der Waals surface area contributed by atoms with E-state index in [1.165, 1.54) is 17.3 Å². The van der Waals surface area contributed by atoms with E-state index < -0.39 is 0 Å². The van der Waals surface area contributed by atoms with Gasteiger partial charge in [-0.25, -0.2) is 4.68 Å². The van der Waals surface area contributed by atoms with Crippen LogP contribution in [-0.4, -0.2) is 36.4 Å². The summed E-state index contributed by atoms with van der Waals surface area (Å²) in [5.74, 6) is 0.253. The van der Waals surface area contributed by atoms with Crippen molar-refractivity contribution in [3.05, 3.63) is 17.9 Å². The van der Waals surface area contributed by atoms with Crippen molar-refractivity contribution in [2.45, 2.75) is 6.92 Å². The van der Waals surface area contributed by atoms with Gasteiger partial charge in [0.25, 0.3) is 0 Å². The largest absolute Gasteiger partial charge is 0.464 e. The second kappa shape index (κ2) is 4.71. The van der Waals surface area contributed by atoms with Crippen LogP contribution >= 0.6 is 11.6 Å². The molecule has 0 radical (unpaired) electrons. The van der Waals surface area contributed by atoms with Gasteiger partial charge in [-0.15, -0.1) is 10.2 Å². The van der Waals surface area contributed by atoms with Crippen LogP contribution in [0.15, 0.2) is 12.7 Å². The van der Waals surface area contributed by atoms with Gasteiger partial charge in [0.05, 0.1) is 6.61 Å². The third kappa shape index (κ3) is 2.54. The highest BCUT2D eigenvalue weighted by Crippen LogP contribution is 2.11. The van der Waals surface area contributed by atoms with Gasteiger partial charge < -0.3 is 4.74 Å². The molecule has 9 heteroatoms. The van der Waals surface area contributed by atoms with Gasteiger partial charge in [0.1, 0.15) is 12.7 Å². The molecule has 0 saturated carbocycles. The number of rotatable bonds is 4. The number of aromatic nitrogens is 6. The topological polar surface area (TPSA) is 90.6 Å². The monoisotopic (exact) mass is 241 g/mol. The minimum absolute atomic E-state index is 0.0500. The molecule has 0 aliphatic rings. The molecule has 0 fully saturated rings. The van der Waals surface area contributed by atoms with Gasteiger partial charge in [0, 0.05) is 0 Å². The molecular formula is C7H8ClN7O. The molecule has 84 valence electrons. The molecule has 16 heavy (non-hydrogen) atoms. The lowest BCUT2D eigenvalue weighted by Gasteiger charge is -2.05. The number of anilines is 1. The van der Waals surface area contributed by atoms with Crippen LogP contribution in [0.3, 0.4) is 0 Å². The number of hydrogen-bond donors (Lipinski definition) is 1. The molecule has 0 atom stereocenters. The average molecular weight is 242 g/mol. The highest BCUT2D eigenvalue weighted by Gasteiger charge is 2.05. The van der Waals surface area contributed by atoms with Gasteiger partial charge in [-0.1, -0.05) is 0 Å². The van der Waals surface area contributed by atoms with E-state index in [-0.39, 0.29) is 17.2 Å². The van der Waals surface area contributed by atoms with Crippen LogP contribution in [-0.2, 0) is 0 Å². The molecule has 0 unspecified atom stereocenters. The molecule has 0 amide bonds. The van der Waals surface area contributed by atoms with Gasteiger partial charge in [-0.2, -0.15) is 15.0 Å². The third-order valence-corrected chi connectivity index (χ3v) is 1.68. The molecule has 2 heterocycles. The fraction of sp³-hybridized carbons (Fsp3) is 0.286. The minimum atomic E-state index is 0.0500. The molecule has 0 aliphatic heterocycles. The third-order valence-electron chi connectivity index (χ3n) is 1.51. The first kappa shape index (κ1) is 10.6. The Labute approximate surface area is 95.6 Å². The molecule has 0 aliphatic carbocycles. The van der Waals surface area contributed by atoms with E-state index in [0.29, 0.717) is 6.61 Å². The summed E-state index contributed by atoms with van der Waals surface area (Å²) in [5, 5.41) is 7.28. The van der Waals surface area contributed by atoms with Gasteiger partial charge in [-0.3, -0.25) is 5.43 Å². The molecule has 8 nitrogen and oxygen atoms in total. The summed E-state index contributed by atoms with van der Waals surface area (Å²) in [4.78, 5) is 11.6. The molecule has 2 aromatic rings. The maximum atomic E-state index is 5.70. The summed E-state index contributed by atoms with van der Waals surface area (Å²) in [5.41, 5.74) is 2.79. The van der Waals surface area contributed by atoms with Crippen molar-refractivity contribution >= 4 is 17.5 Å². The van der Waals surface area contributed by atoms with E-state index in [4.69, 9.17) is 16.3 Å². The van der Waals surface area contributed by atoms with Crippen molar-refractivity contribution in [3.63, 3.8) is 0 Å². The van der Waals surface area contributed by atoms with Crippen LogP contribution in [0.1, 0.15) is 6.92 Å². The number of hydrogen-bond acceptors (Lipinski definition) is 7. The lowest BCUT2D eigenvalue weighted by atomic mass is 10.8. The van der Waals surface area contributed by atoms with Crippen molar-refractivity contribution in [3.8, 4) is 6.01 Å². The second-order valence-electron chi connectivity index (χ2n) is 2.62. The maximum absolute atomic E-state index is 5.70. The van der Waals surface area contributed by atoms with Crippen molar-refractivity contribution in [1.29, 1.82) is 0 Å². The number of halogens is 1. The Kier molecular flexibility index (Phi) is 3.10. The molecule has 2 aromatic heterocycles. The van der Waals surface area contributed by atoms with E-state index >= 15 is 0 Å². The Balaban J connectivity index is 2.20. The van der Waals surface area contributed by atoms with E-state index in [0.717, 1.165) is 0 Å². The van der Waals surface area contributed by atoms with Crippen LogP contribution in [0, 0.1) is 0 Å². The first-order valence-electron chi connectivity index (χ1n) is 4.44. The predicted molar refractivity (Wildman–Crippen MR) is 55.0 cm³/mol. The fourth-order valence-corrected chi connectivity index (χ4v) is 1.10. The Hall–Kier alpha value is -1.96. The lowest BCUT2D eigenvalue weighted by molar-refractivity contribution is 0.312. The standard InChI is InChI=1S/C7H8ClN7O/c1-2-16-7-12-5(8)11-6(13-7)14-15-3-9-10-4-15/h3-4H,2H2,1H3,(H,11,12,13,14). The molecule has 0 spiro atoms. The van der Waals surface area contributed by atoms with Crippen molar-refractivity contribution in [2.75, 3.05) is 12.0 Å². The average Bonchev–Trinajstić information content (AvgIpc) is 2.70. The van der Waals surface area contributed by atoms with Crippen molar-refractivity contribution in [2.24, 2.45) is 0 Å². The summed E-state index contributed by atoms with van der Waals surface area (Å²) in [6, 6.07) is 0.165. The zero-order valence-corrected chi connectivity index (χ0v) is 9.09. The van der Waals surface area contributed by atoms with Crippen LogP contribution in [0.2, 0.25) is 5.28 Å². The molecule has 1 N–H and O–H groups in total. The second-order valence-corrected chi connectivity index (χ2v) is 2.96. The maximum Gasteiger partial charge on any atom is 0.322 e. The highest BCUT2D eigenvalue weighted by molar-refractivity contribution is 6.28. The quantitative estimate of drug-likeness (QED) is 0.828. The van der Waals surface area contributed by atoms with Crippen LogP contribution in [0.4, 0.5) is 5.95 Å². The molecule has 0 aromatic carbocycles. The summed E-state index contributed by atoms with van der Waals surface area (Å²) >= 11 is 5.70. The Morgan fingerprint density at radius 2 is 2.06 bits per heavy atom. The number of ether oxygens (including phenoxy) is 1. The smallest absolute Gasteiger partial charge is 0.322 e. The van der Waals surface area contributed by atoms with E-state index in [1.54, 1.807) is 0 Å². The van der Waals surface area contributed by atoms with Crippen LogP contribution < -0.4 is 10.2 Å². The predicted octanol–water partition coefficient (Wildman–Crippen LogP) is 0.390. The summed E-state index contributed by atoms with van der Waals surface area (Å²) in [7, 11) is 0. The Morgan fingerprint density at radius 1 is 1.31 bits per heavy atom. The van der Waals surface area contributed by atoms with Crippen LogP contribution in [0.5, 0.6) is 6.01 Å². The highest BCUT2D eigenvalue weighted by atomic mass is 35.5. The van der Waals surface area contributed by atoms with Gasteiger partial charge in [0.15, 0.2) is 0 Å². The van der Waals surface area contributed by atoms with E-state index in [1.807, 2.05) is 6.92 Å².